The van der Waals surface area contributed by atoms with E-state index in [-0.39, 0.29) is 17.9 Å². The van der Waals surface area contributed by atoms with Gasteiger partial charge >= 0.3 is 0 Å². The third-order valence-corrected chi connectivity index (χ3v) is 4.47. The average Bonchev–Trinajstić information content (AvgIpc) is 3.02. The summed E-state index contributed by atoms with van der Waals surface area (Å²) in [6.07, 6.45) is 2.59. The molecule has 8 nitrogen and oxygen atoms in total. The van der Waals surface area contributed by atoms with Gasteiger partial charge in [0.1, 0.15) is 0 Å². The number of sulfonamides is 1. The molecule has 0 spiro atoms. The fourth-order valence-electron chi connectivity index (χ4n) is 2.49. The van der Waals surface area contributed by atoms with Crippen LogP contribution in [0.3, 0.4) is 0 Å². The van der Waals surface area contributed by atoms with Crippen molar-refractivity contribution in [3.05, 3.63) is 41.5 Å². The number of aromatic nitrogens is 2. The first-order valence-corrected chi connectivity index (χ1v) is 10.7. The van der Waals surface area contributed by atoms with E-state index in [0.29, 0.717) is 36.7 Å². The van der Waals surface area contributed by atoms with Crippen LogP contribution in [0.1, 0.15) is 62.9 Å². The van der Waals surface area contributed by atoms with Crippen molar-refractivity contribution in [2.24, 2.45) is 0 Å². The van der Waals surface area contributed by atoms with Crippen LogP contribution in [-0.2, 0) is 21.2 Å². The maximum atomic E-state index is 12.2. The van der Waals surface area contributed by atoms with E-state index < -0.39 is 10.0 Å². The Morgan fingerprint density at radius 3 is 2.63 bits per heavy atom. The summed E-state index contributed by atoms with van der Waals surface area (Å²) in [5.74, 6) is 1.33. The molecule has 0 fully saturated rings. The Hall–Kier alpha value is -2.42. The first kappa shape index (κ1) is 20.9. The van der Waals surface area contributed by atoms with Crippen LogP contribution in [0.2, 0.25) is 0 Å². The van der Waals surface area contributed by atoms with Crippen molar-refractivity contribution in [2.75, 3.05) is 11.0 Å². The van der Waals surface area contributed by atoms with E-state index in [2.05, 4.69) is 20.2 Å². The molecule has 0 saturated carbocycles. The Balaban J connectivity index is 1.83. The molecule has 2 aromatic rings. The zero-order chi connectivity index (χ0) is 20.0. The third-order valence-electron chi connectivity index (χ3n) is 3.86. The molecule has 0 aliphatic heterocycles. The summed E-state index contributed by atoms with van der Waals surface area (Å²) in [7, 11) is -3.34. The maximum Gasteiger partial charge on any atom is 0.229 e. The van der Waals surface area contributed by atoms with Crippen molar-refractivity contribution in [3.63, 3.8) is 0 Å². The van der Waals surface area contributed by atoms with Gasteiger partial charge in [-0.2, -0.15) is 4.98 Å². The normalized spacial score (nSPS) is 12.8. The monoisotopic (exact) mass is 394 g/mol. The number of rotatable bonds is 9. The average molecular weight is 394 g/mol. The lowest BCUT2D eigenvalue weighted by Crippen LogP contribution is -2.26. The predicted octanol–water partition coefficient (Wildman–Crippen LogP) is 2.76. The zero-order valence-corrected chi connectivity index (χ0v) is 16.8. The minimum absolute atomic E-state index is 0.0902. The summed E-state index contributed by atoms with van der Waals surface area (Å²) < 4.78 is 30.3. The van der Waals surface area contributed by atoms with Crippen molar-refractivity contribution in [2.45, 2.75) is 52.0 Å². The number of carbonyl (C=O) groups excluding carboxylic acids is 1. The zero-order valence-electron chi connectivity index (χ0n) is 16.0. The summed E-state index contributed by atoms with van der Waals surface area (Å²) in [6, 6.07) is 6.71. The second-order valence-corrected chi connectivity index (χ2v) is 8.59. The summed E-state index contributed by atoms with van der Waals surface area (Å²) in [5.41, 5.74) is 1.28. The van der Waals surface area contributed by atoms with Gasteiger partial charge in [-0.15, -0.1) is 0 Å². The Morgan fingerprint density at radius 1 is 1.26 bits per heavy atom. The van der Waals surface area contributed by atoms with Crippen LogP contribution in [-0.4, -0.2) is 30.7 Å². The molecule has 0 aliphatic carbocycles. The van der Waals surface area contributed by atoms with Crippen molar-refractivity contribution in [1.29, 1.82) is 0 Å². The standard InChI is InChI=1S/C18H26N4O4S/c1-12(2)18-20-17(26-21-18)10-6-9-16(23)19-13(3)14-7-5-8-15(11-14)22-27(4,24)25/h5,7-8,11-13,22H,6,9-10H2,1-4H3,(H,19,23). The van der Waals surface area contributed by atoms with Crippen LogP contribution in [0.5, 0.6) is 0 Å². The highest BCUT2D eigenvalue weighted by Crippen LogP contribution is 2.18. The van der Waals surface area contributed by atoms with Gasteiger partial charge < -0.3 is 9.84 Å². The van der Waals surface area contributed by atoms with Crippen LogP contribution >= 0.6 is 0 Å². The number of hydrogen-bond acceptors (Lipinski definition) is 6. The smallest absolute Gasteiger partial charge is 0.229 e. The molecule has 0 aliphatic rings. The Bertz CT molecular complexity index is 877. The number of carbonyl (C=O) groups is 1. The van der Waals surface area contributed by atoms with Crippen molar-refractivity contribution < 1.29 is 17.7 Å². The molecule has 1 atom stereocenters. The molecule has 1 amide bonds. The lowest BCUT2D eigenvalue weighted by molar-refractivity contribution is -0.121. The molecule has 0 radical (unpaired) electrons. The fraction of sp³-hybridized carbons (Fsp3) is 0.500. The number of amides is 1. The van der Waals surface area contributed by atoms with E-state index in [1.165, 1.54) is 0 Å². The van der Waals surface area contributed by atoms with Gasteiger partial charge in [-0.25, -0.2) is 8.42 Å². The second kappa shape index (κ2) is 8.98. The van der Waals surface area contributed by atoms with E-state index in [4.69, 9.17) is 4.52 Å². The van der Waals surface area contributed by atoms with Gasteiger partial charge in [0.15, 0.2) is 5.82 Å². The largest absolute Gasteiger partial charge is 0.350 e. The van der Waals surface area contributed by atoms with Crippen molar-refractivity contribution >= 4 is 21.6 Å². The minimum atomic E-state index is -3.34. The van der Waals surface area contributed by atoms with Crippen molar-refractivity contribution in [1.82, 2.24) is 15.5 Å². The lowest BCUT2D eigenvalue weighted by Gasteiger charge is -2.15. The minimum Gasteiger partial charge on any atom is -0.350 e. The van der Waals surface area contributed by atoms with Gasteiger partial charge in [-0.05, 0) is 31.0 Å². The number of nitrogens with zero attached hydrogens (tertiary/aromatic N) is 2. The highest BCUT2D eigenvalue weighted by molar-refractivity contribution is 7.92. The lowest BCUT2D eigenvalue weighted by atomic mass is 10.1. The van der Waals surface area contributed by atoms with Gasteiger partial charge in [0.2, 0.25) is 21.8 Å². The molecule has 27 heavy (non-hydrogen) atoms. The van der Waals surface area contributed by atoms with E-state index in [1.807, 2.05) is 26.8 Å². The molecular weight excluding hydrogens is 368 g/mol. The second-order valence-electron chi connectivity index (χ2n) is 6.84. The van der Waals surface area contributed by atoms with Gasteiger partial charge in [-0.3, -0.25) is 9.52 Å². The topological polar surface area (TPSA) is 114 Å². The van der Waals surface area contributed by atoms with Crippen LogP contribution in [0.25, 0.3) is 0 Å². The molecule has 148 valence electrons. The summed E-state index contributed by atoms with van der Waals surface area (Å²) in [5, 5.41) is 6.81. The number of aryl methyl sites for hydroxylation is 1. The van der Waals surface area contributed by atoms with Gasteiger partial charge in [-0.1, -0.05) is 31.1 Å². The highest BCUT2D eigenvalue weighted by Gasteiger charge is 2.13. The summed E-state index contributed by atoms with van der Waals surface area (Å²) >= 11 is 0. The number of hydrogen-bond donors (Lipinski definition) is 2. The first-order valence-electron chi connectivity index (χ1n) is 8.83. The predicted molar refractivity (Wildman–Crippen MR) is 103 cm³/mol. The van der Waals surface area contributed by atoms with Gasteiger partial charge in [0, 0.05) is 24.4 Å². The molecule has 0 saturated heterocycles. The molecular formula is C18H26N4O4S. The molecule has 1 heterocycles. The summed E-state index contributed by atoms with van der Waals surface area (Å²) in [6.45, 7) is 5.83. The van der Waals surface area contributed by atoms with E-state index in [1.54, 1.807) is 18.2 Å². The van der Waals surface area contributed by atoms with Crippen LogP contribution in [0, 0.1) is 0 Å². The first-order chi connectivity index (χ1) is 12.6. The van der Waals surface area contributed by atoms with Gasteiger partial charge in [0.05, 0.1) is 12.3 Å². The molecule has 1 aromatic heterocycles. The Morgan fingerprint density at radius 2 is 2.00 bits per heavy atom. The fourth-order valence-corrected chi connectivity index (χ4v) is 3.04. The number of nitrogens with one attached hydrogen (secondary N) is 2. The highest BCUT2D eigenvalue weighted by atomic mass is 32.2. The Kier molecular flexibility index (Phi) is 6.95. The van der Waals surface area contributed by atoms with Crippen molar-refractivity contribution in [3.8, 4) is 0 Å². The van der Waals surface area contributed by atoms with E-state index in [0.717, 1.165) is 11.8 Å². The molecule has 1 unspecified atom stereocenters. The maximum absolute atomic E-state index is 12.2. The Labute approximate surface area is 159 Å². The quantitative estimate of drug-likeness (QED) is 0.676. The molecule has 2 rings (SSSR count). The SMILES string of the molecule is CC(C)c1noc(CCCC(=O)NC(C)c2cccc(NS(C)(=O)=O)c2)n1. The third kappa shape index (κ3) is 7.01. The van der Waals surface area contributed by atoms with E-state index in [9.17, 15) is 13.2 Å². The molecule has 2 N–H and O–H groups in total. The molecule has 9 heteroatoms. The number of benzene rings is 1. The summed E-state index contributed by atoms with van der Waals surface area (Å²) in [4.78, 5) is 16.4. The molecule has 0 bridgehead atoms. The van der Waals surface area contributed by atoms with Crippen LogP contribution < -0.4 is 10.0 Å². The van der Waals surface area contributed by atoms with Gasteiger partial charge in [0.25, 0.3) is 0 Å². The molecule has 1 aromatic carbocycles. The van der Waals surface area contributed by atoms with Crippen LogP contribution in [0.15, 0.2) is 28.8 Å². The van der Waals surface area contributed by atoms with Crippen LogP contribution in [0.4, 0.5) is 5.69 Å². The number of anilines is 1. The van der Waals surface area contributed by atoms with E-state index >= 15 is 0 Å².